The van der Waals surface area contributed by atoms with Crippen molar-refractivity contribution in [2.45, 2.75) is 72.6 Å². The fraction of sp³-hybridized carbons (Fsp3) is 0.577. The van der Waals surface area contributed by atoms with E-state index in [4.69, 9.17) is 14.5 Å². The maximum atomic E-state index is 13.4. The summed E-state index contributed by atoms with van der Waals surface area (Å²) in [6.45, 7) is 11.1. The van der Waals surface area contributed by atoms with Crippen molar-refractivity contribution in [2.24, 2.45) is 16.3 Å². The standard InChI is InChI=1S/C26H35NO4/c1-6-8-14-31-25(29)22-17(3)27-19-15-26(4,5)16-20(28)24(19)23(22)18-11-9-10-12-21(18)30-13-7-2/h9-12,22-23H,6-8,13-16H2,1-5H3/t22?,23-/m0/s1. The van der Waals surface area contributed by atoms with E-state index in [1.807, 2.05) is 31.2 Å². The van der Waals surface area contributed by atoms with Gasteiger partial charge < -0.3 is 9.47 Å². The molecular formula is C26H35NO4. The molecule has 0 bridgehead atoms. The molecule has 168 valence electrons. The van der Waals surface area contributed by atoms with Crippen LogP contribution in [0.1, 0.15) is 78.2 Å². The van der Waals surface area contributed by atoms with Crippen LogP contribution < -0.4 is 4.74 Å². The molecule has 31 heavy (non-hydrogen) atoms. The molecule has 1 heterocycles. The van der Waals surface area contributed by atoms with Gasteiger partial charge in [0.1, 0.15) is 11.7 Å². The first-order valence-corrected chi connectivity index (χ1v) is 11.5. The smallest absolute Gasteiger partial charge is 0.315 e. The van der Waals surface area contributed by atoms with E-state index in [9.17, 15) is 9.59 Å². The second kappa shape index (κ2) is 9.80. The number of para-hydroxylation sites is 1. The van der Waals surface area contributed by atoms with Gasteiger partial charge in [0.2, 0.25) is 0 Å². The van der Waals surface area contributed by atoms with Crippen molar-refractivity contribution in [1.82, 2.24) is 0 Å². The lowest BCUT2D eigenvalue weighted by molar-refractivity contribution is -0.146. The summed E-state index contributed by atoms with van der Waals surface area (Å²) in [6.07, 6.45) is 3.81. The molecule has 0 saturated heterocycles. The first-order chi connectivity index (χ1) is 14.8. The first kappa shape index (κ1) is 23.2. The Hall–Kier alpha value is -2.43. The third-order valence-corrected chi connectivity index (χ3v) is 6.01. The second-order valence-corrected chi connectivity index (χ2v) is 9.42. The number of hydrogen-bond donors (Lipinski definition) is 0. The van der Waals surface area contributed by atoms with E-state index in [0.29, 0.717) is 30.9 Å². The maximum absolute atomic E-state index is 13.4. The van der Waals surface area contributed by atoms with Crippen molar-refractivity contribution in [2.75, 3.05) is 13.2 Å². The Kier molecular flexibility index (Phi) is 7.34. The Morgan fingerprint density at radius 1 is 1.13 bits per heavy atom. The molecule has 0 spiro atoms. The Balaban J connectivity index is 2.11. The highest BCUT2D eigenvalue weighted by Gasteiger charge is 2.46. The molecule has 0 saturated carbocycles. The highest BCUT2D eigenvalue weighted by molar-refractivity contribution is 6.09. The molecule has 0 fully saturated rings. The number of carbonyl (C=O) groups excluding carboxylic acids is 2. The number of esters is 1. The summed E-state index contributed by atoms with van der Waals surface area (Å²) in [5.41, 5.74) is 2.91. The second-order valence-electron chi connectivity index (χ2n) is 9.42. The summed E-state index contributed by atoms with van der Waals surface area (Å²) in [6, 6.07) is 7.75. The zero-order chi connectivity index (χ0) is 22.6. The lowest BCUT2D eigenvalue weighted by atomic mass is 9.66. The summed E-state index contributed by atoms with van der Waals surface area (Å²) in [5, 5.41) is 0. The molecule has 1 aromatic rings. The van der Waals surface area contributed by atoms with Gasteiger partial charge in [0.05, 0.1) is 13.2 Å². The molecule has 1 unspecified atom stereocenters. The Morgan fingerprint density at radius 2 is 1.87 bits per heavy atom. The van der Waals surface area contributed by atoms with Crippen LogP contribution in [-0.2, 0) is 14.3 Å². The summed E-state index contributed by atoms with van der Waals surface area (Å²) in [4.78, 5) is 31.4. The molecule has 5 nitrogen and oxygen atoms in total. The number of nitrogens with zero attached hydrogens (tertiary/aromatic N) is 1. The van der Waals surface area contributed by atoms with Gasteiger partial charge in [0.15, 0.2) is 5.78 Å². The number of benzene rings is 1. The van der Waals surface area contributed by atoms with E-state index in [1.54, 1.807) is 0 Å². The molecule has 2 atom stereocenters. The summed E-state index contributed by atoms with van der Waals surface area (Å²) >= 11 is 0. The SMILES string of the molecule is CCCCOC(=O)C1C(C)=NC2=C(C(=O)CC(C)(C)C2)[C@H]1c1ccccc1OCCC. The van der Waals surface area contributed by atoms with E-state index in [0.717, 1.165) is 42.7 Å². The third-order valence-electron chi connectivity index (χ3n) is 6.01. The molecule has 3 rings (SSSR count). The fourth-order valence-electron chi connectivity index (χ4n) is 4.57. The maximum Gasteiger partial charge on any atom is 0.315 e. The van der Waals surface area contributed by atoms with Gasteiger partial charge in [-0.15, -0.1) is 0 Å². The van der Waals surface area contributed by atoms with Crippen LogP contribution in [0.5, 0.6) is 5.75 Å². The third kappa shape index (κ3) is 5.08. The van der Waals surface area contributed by atoms with Crippen LogP contribution in [0.2, 0.25) is 0 Å². The molecule has 0 N–H and O–H groups in total. The quantitative estimate of drug-likeness (QED) is 0.400. The van der Waals surface area contributed by atoms with E-state index in [1.165, 1.54) is 0 Å². The van der Waals surface area contributed by atoms with Crippen LogP contribution in [-0.4, -0.2) is 30.7 Å². The Labute approximate surface area is 185 Å². The van der Waals surface area contributed by atoms with E-state index < -0.39 is 11.8 Å². The monoisotopic (exact) mass is 425 g/mol. The minimum Gasteiger partial charge on any atom is -0.493 e. The fourth-order valence-corrected chi connectivity index (χ4v) is 4.57. The highest BCUT2D eigenvalue weighted by Crippen LogP contribution is 2.49. The minimum atomic E-state index is -0.618. The van der Waals surface area contributed by atoms with Crippen LogP contribution in [0.4, 0.5) is 0 Å². The number of ether oxygens (including phenoxy) is 2. The lowest BCUT2D eigenvalue weighted by Crippen LogP contribution is -2.39. The van der Waals surface area contributed by atoms with E-state index in [-0.39, 0.29) is 17.2 Å². The van der Waals surface area contributed by atoms with Crippen LogP contribution in [0.3, 0.4) is 0 Å². The average Bonchev–Trinajstić information content (AvgIpc) is 2.70. The molecule has 1 aliphatic carbocycles. The van der Waals surface area contributed by atoms with Crippen LogP contribution in [0, 0.1) is 11.3 Å². The average molecular weight is 426 g/mol. The molecular weight excluding hydrogens is 390 g/mol. The van der Waals surface area contributed by atoms with Crippen molar-refractivity contribution in [3.05, 3.63) is 41.1 Å². The molecule has 1 aliphatic heterocycles. The Bertz CT molecular complexity index is 896. The molecule has 0 radical (unpaired) electrons. The number of rotatable bonds is 8. The topological polar surface area (TPSA) is 65.0 Å². The van der Waals surface area contributed by atoms with E-state index >= 15 is 0 Å². The number of Topliss-reactive ketones (excluding diaryl/α,β-unsaturated/α-hetero) is 1. The highest BCUT2D eigenvalue weighted by atomic mass is 16.5. The normalized spacial score (nSPS) is 22.6. The number of ketones is 1. The van der Waals surface area contributed by atoms with Gasteiger partial charge in [-0.25, -0.2) is 0 Å². The van der Waals surface area contributed by atoms with Crippen molar-refractivity contribution in [3.8, 4) is 5.75 Å². The van der Waals surface area contributed by atoms with Gasteiger partial charge in [0, 0.05) is 34.9 Å². The number of unbranched alkanes of at least 4 members (excludes halogenated alkanes) is 1. The molecule has 0 aromatic heterocycles. The lowest BCUT2D eigenvalue weighted by Gasteiger charge is -2.39. The van der Waals surface area contributed by atoms with Crippen molar-refractivity contribution in [1.29, 1.82) is 0 Å². The van der Waals surface area contributed by atoms with Gasteiger partial charge in [-0.1, -0.05) is 52.3 Å². The summed E-state index contributed by atoms with van der Waals surface area (Å²) in [5.74, 6) is -0.566. The Morgan fingerprint density at radius 3 is 2.58 bits per heavy atom. The van der Waals surface area contributed by atoms with Gasteiger partial charge in [-0.05, 0) is 37.7 Å². The molecule has 1 aromatic carbocycles. The van der Waals surface area contributed by atoms with Gasteiger partial charge >= 0.3 is 5.97 Å². The van der Waals surface area contributed by atoms with Gasteiger partial charge in [-0.2, -0.15) is 0 Å². The summed E-state index contributed by atoms with van der Waals surface area (Å²) in [7, 11) is 0. The predicted molar refractivity (Wildman–Crippen MR) is 122 cm³/mol. The zero-order valence-electron chi connectivity index (χ0n) is 19.5. The molecule has 2 aliphatic rings. The van der Waals surface area contributed by atoms with E-state index in [2.05, 4.69) is 27.7 Å². The van der Waals surface area contributed by atoms with Gasteiger partial charge in [0.25, 0.3) is 0 Å². The minimum absolute atomic E-state index is 0.0733. The first-order valence-electron chi connectivity index (χ1n) is 11.5. The van der Waals surface area contributed by atoms with Crippen LogP contribution >= 0.6 is 0 Å². The zero-order valence-corrected chi connectivity index (χ0v) is 19.5. The van der Waals surface area contributed by atoms with Crippen molar-refractivity contribution in [3.63, 3.8) is 0 Å². The number of carbonyl (C=O) groups is 2. The van der Waals surface area contributed by atoms with Crippen molar-refractivity contribution < 1.29 is 19.1 Å². The van der Waals surface area contributed by atoms with Crippen molar-refractivity contribution >= 4 is 17.5 Å². The largest absolute Gasteiger partial charge is 0.493 e. The van der Waals surface area contributed by atoms with Crippen LogP contribution in [0.25, 0.3) is 0 Å². The summed E-state index contributed by atoms with van der Waals surface area (Å²) < 4.78 is 11.7. The molecule has 0 amide bonds. The number of allylic oxidation sites excluding steroid dienone is 2. The number of hydrogen-bond acceptors (Lipinski definition) is 5. The molecule has 5 heteroatoms. The predicted octanol–water partition coefficient (Wildman–Crippen LogP) is 5.64. The van der Waals surface area contributed by atoms with Crippen LogP contribution in [0.15, 0.2) is 40.5 Å². The number of aliphatic imine (C=N–C) groups is 1. The van der Waals surface area contributed by atoms with Gasteiger partial charge in [-0.3, -0.25) is 14.6 Å².